The number of likely N-dealkylation sites (N-methyl/N-ethyl adjacent to an activating group) is 1. The van der Waals surface area contributed by atoms with Crippen molar-refractivity contribution < 1.29 is 9.59 Å². The molecule has 0 saturated heterocycles. The molecule has 0 radical (unpaired) electrons. The van der Waals surface area contributed by atoms with Gasteiger partial charge in [0.15, 0.2) is 0 Å². The summed E-state index contributed by atoms with van der Waals surface area (Å²) in [6.45, 7) is 7.02. The number of carbonyl (C=O) groups excluding carboxylic acids is 2. The van der Waals surface area contributed by atoms with Gasteiger partial charge in [0.25, 0.3) is 0 Å². The number of nitrogens with one attached hydrogen (secondary N) is 2. The highest BCUT2D eigenvalue weighted by Crippen LogP contribution is 2.25. The second-order valence-corrected chi connectivity index (χ2v) is 6.70. The number of hydrogen-bond acceptors (Lipinski definition) is 3. The maximum absolute atomic E-state index is 12.8. The van der Waals surface area contributed by atoms with Crippen molar-refractivity contribution >= 4 is 24.2 Å². The first-order valence-corrected chi connectivity index (χ1v) is 8.80. The highest BCUT2D eigenvalue weighted by atomic mass is 35.5. The van der Waals surface area contributed by atoms with Crippen LogP contribution >= 0.6 is 12.4 Å². The standard InChI is InChI=1S/C19H29N3O2.ClH/c1-5-13(2)19(24)22-12-16-9-7-6-8-15(16)10-17(22)18(23)21-11-14(3)20-4;/h6-9,13-14,17,20H,5,10-12H2,1-4H3,(H,21,23);1H. The van der Waals surface area contributed by atoms with E-state index in [0.717, 1.165) is 17.5 Å². The van der Waals surface area contributed by atoms with E-state index >= 15 is 0 Å². The highest BCUT2D eigenvalue weighted by Gasteiger charge is 2.35. The molecule has 140 valence electrons. The molecule has 5 nitrogen and oxygen atoms in total. The molecule has 1 aliphatic heterocycles. The molecule has 0 aromatic heterocycles. The number of carbonyl (C=O) groups is 2. The third-order valence-electron chi connectivity index (χ3n) is 4.94. The number of rotatable bonds is 6. The first-order valence-electron chi connectivity index (χ1n) is 8.80. The maximum atomic E-state index is 12.8. The van der Waals surface area contributed by atoms with Gasteiger partial charge in [-0.3, -0.25) is 9.59 Å². The van der Waals surface area contributed by atoms with Gasteiger partial charge in [0.2, 0.25) is 11.8 Å². The van der Waals surface area contributed by atoms with Crippen molar-refractivity contribution in [3.63, 3.8) is 0 Å². The molecule has 1 heterocycles. The summed E-state index contributed by atoms with van der Waals surface area (Å²) in [5, 5.41) is 6.09. The predicted molar refractivity (Wildman–Crippen MR) is 103 cm³/mol. The number of amides is 2. The van der Waals surface area contributed by atoms with Crippen LogP contribution in [-0.2, 0) is 22.6 Å². The van der Waals surface area contributed by atoms with Crippen LogP contribution in [0.25, 0.3) is 0 Å². The van der Waals surface area contributed by atoms with Crippen molar-refractivity contribution in [2.24, 2.45) is 5.92 Å². The molecule has 0 fully saturated rings. The fourth-order valence-corrected chi connectivity index (χ4v) is 2.92. The van der Waals surface area contributed by atoms with Crippen LogP contribution < -0.4 is 10.6 Å². The zero-order valence-corrected chi connectivity index (χ0v) is 16.4. The zero-order chi connectivity index (χ0) is 17.7. The third-order valence-corrected chi connectivity index (χ3v) is 4.94. The average molecular weight is 368 g/mol. The Bertz CT molecular complexity index is 594. The molecule has 6 heteroatoms. The van der Waals surface area contributed by atoms with Crippen molar-refractivity contribution in [3.05, 3.63) is 35.4 Å². The van der Waals surface area contributed by atoms with Crippen LogP contribution in [0.4, 0.5) is 0 Å². The molecule has 25 heavy (non-hydrogen) atoms. The molecule has 2 N–H and O–H groups in total. The van der Waals surface area contributed by atoms with Gasteiger partial charge in [-0.15, -0.1) is 12.4 Å². The molecular formula is C19H30ClN3O2. The number of nitrogens with zero attached hydrogens (tertiary/aromatic N) is 1. The molecule has 0 spiro atoms. The Morgan fingerprint density at radius 1 is 1.24 bits per heavy atom. The van der Waals surface area contributed by atoms with Crippen molar-refractivity contribution in [2.75, 3.05) is 13.6 Å². The Balaban J connectivity index is 0.00000312. The van der Waals surface area contributed by atoms with Crippen LogP contribution in [0.2, 0.25) is 0 Å². The van der Waals surface area contributed by atoms with E-state index in [1.807, 2.05) is 46.0 Å². The molecule has 1 aliphatic rings. The van der Waals surface area contributed by atoms with Gasteiger partial charge in [0, 0.05) is 31.5 Å². The molecule has 1 aromatic rings. The van der Waals surface area contributed by atoms with Crippen LogP contribution in [0.5, 0.6) is 0 Å². The van der Waals surface area contributed by atoms with Gasteiger partial charge in [-0.1, -0.05) is 38.1 Å². The fraction of sp³-hybridized carbons (Fsp3) is 0.579. The fourth-order valence-electron chi connectivity index (χ4n) is 2.92. The minimum Gasteiger partial charge on any atom is -0.353 e. The van der Waals surface area contributed by atoms with Crippen molar-refractivity contribution in [2.45, 2.75) is 52.2 Å². The Labute approximate surface area is 157 Å². The van der Waals surface area contributed by atoms with Gasteiger partial charge in [0.1, 0.15) is 6.04 Å². The normalized spacial score (nSPS) is 18.6. The molecule has 2 rings (SSSR count). The monoisotopic (exact) mass is 367 g/mol. The summed E-state index contributed by atoms with van der Waals surface area (Å²) in [7, 11) is 1.87. The highest BCUT2D eigenvalue weighted by molar-refractivity contribution is 5.89. The van der Waals surface area contributed by atoms with Crippen molar-refractivity contribution in [1.82, 2.24) is 15.5 Å². The van der Waals surface area contributed by atoms with E-state index in [0.29, 0.717) is 19.5 Å². The average Bonchev–Trinajstić information content (AvgIpc) is 2.63. The van der Waals surface area contributed by atoms with Gasteiger partial charge < -0.3 is 15.5 Å². The lowest BCUT2D eigenvalue weighted by molar-refractivity contribution is -0.144. The predicted octanol–water partition coefficient (Wildman–Crippen LogP) is 2.13. The molecule has 0 saturated carbocycles. The van der Waals surface area contributed by atoms with Gasteiger partial charge in [0.05, 0.1) is 0 Å². The van der Waals surface area contributed by atoms with E-state index in [1.54, 1.807) is 4.90 Å². The summed E-state index contributed by atoms with van der Waals surface area (Å²) in [5.41, 5.74) is 2.30. The molecule has 0 aliphatic carbocycles. The first-order chi connectivity index (χ1) is 11.5. The molecule has 1 aromatic carbocycles. The zero-order valence-electron chi connectivity index (χ0n) is 15.5. The van der Waals surface area contributed by atoms with Crippen LogP contribution in [0.3, 0.4) is 0 Å². The third kappa shape index (κ3) is 5.19. The Hall–Kier alpha value is -1.59. The van der Waals surface area contributed by atoms with E-state index < -0.39 is 6.04 Å². The van der Waals surface area contributed by atoms with E-state index in [1.165, 1.54) is 0 Å². The van der Waals surface area contributed by atoms with Crippen molar-refractivity contribution in [1.29, 1.82) is 0 Å². The molecule has 3 atom stereocenters. The van der Waals surface area contributed by atoms with Crippen LogP contribution in [0, 0.1) is 5.92 Å². The first kappa shape index (κ1) is 21.5. The topological polar surface area (TPSA) is 61.4 Å². The van der Waals surface area contributed by atoms with Crippen LogP contribution in [0.1, 0.15) is 38.3 Å². The summed E-state index contributed by atoms with van der Waals surface area (Å²) in [6.07, 6.45) is 1.36. The smallest absolute Gasteiger partial charge is 0.243 e. The SMILES string of the molecule is CCC(C)C(=O)N1Cc2ccccc2CC1C(=O)NCC(C)NC.Cl. The van der Waals surface area contributed by atoms with E-state index in [9.17, 15) is 9.59 Å². The van der Waals surface area contributed by atoms with E-state index in [-0.39, 0.29) is 36.2 Å². The molecule has 2 amide bonds. The molecule has 0 bridgehead atoms. The largest absolute Gasteiger partial charge is 0.353 e. The lowest BCUT2D eigenvalue weighted by atomic mass is 9.92. The second-order valence-electron chi connectivity index (χ2n) is 6.70. The Morgan fingerprint density at radius 3 is 2.48 bits per heavy atom. The molecule has 3 unspecified atom stereocenters. The summed E-state index contributed by atoms with van der Waals surface area (Å²) < 4.78 is 0. The van der Waals surface area contributed by atoms with Crippen molar-refractivity contribution in [3.8, 4) is 0 Å². The quantitative estimate of drug-likeness (QED) is 0.809. The lowest BCUT2D eigenvalue weighted by Gasteiger charge is -2.37. The second kappa shape index (κ2) is 9.78. The van der Waals surface area contributed by atoms with E-state index in [4.69, 9.17) is 0 Å². The number of benzene rings is 1. The van der Waals surface area contributed by atoms with Gasteiger partial charge in [-0.2, -0.15) is 0 Å². The maximum Gasteiger partial charge on any atom is 0.243 e. The Kier molecular flexibility index (Phi) is 8.39. The number of hydrogen-bond donors (Lipinski definition) is 2. The number of fused-ring (bicyclic) bond motifs is 1. The number of halogens is 1. The van der Waals surface area contributed by atoms with Gasteiger partial charge >= 0.3 is 0 Å². The molecular weight excluding hydrogens is 338 g/mol. The summed E-state index contributed by atoms with van der Waals surface area (Å²) in [5.74, 6) is -0.0705. The summed E-state index contributed by atoms with van der Waals surface area (Å²) >= 11 is 0. The minimum atomic E-state index is -0.426. The Morgan fingerprint density at radius 2 is 1.88 bits per heavy atom. The van der Waals surface area contributed by atoms with Crippen LogP contribution in [-0.4, -0.2) is 42.4 Å². The van der Waals surface area contributed by atoms with Gasteiger partial charge in [-0.25, -0.2) is 0 Å². The minimum absolute atomic E-state index is 0. The summed E-state index contributed by atoms with van der Waals surface area (Å²) in [6, 6.07) is 7.84. The van der Waals surface area contributed by atoms with Gasteiger partial charge in [-0.05, 0) is 31.5 Å². The van der Waals surface area contributed by atoms with E-state index in [2.05, 4.69) is 16.7 Å². The van der Waals surface area contributed by atoms with Crippen LogP contribution in [0.15, 0.2) is 24.3 Å². The summed E-state index contributed by atoms with van der Waals surface area (Å²) in [4.78, 5) is 27.3. The lowest BCUT2D eigenvalue weighted by Crippen LogP contribution is -2.54.